The Hall–Kier alpha value is -3.48. The Bertz CT molecular complexity index is 1020. The molecule has 2 aliphatic heterocycles. The highest BCUT2D eigenvalue weighted by molar-refractivity contribution is 6.40. The van der Waals surface area contributed by atoms with Crippen LogP contribution in [0.2, 0.25) is 0 Å². The molecule has 168 valence electrons. The molecule has 1 aliphatic carbocycles. The molecule has 4 amide bonds. The Balaban J connectivity index is 1.46. The van der Waals surface area contributed by atoms with E-state index in [-0.39, 0.29) is 42.3 Å². The van der Waals surface area contributed by atoms with E-state index < -0.39 is 35.0 Å². The molecule has 1 aromatic carbocycles. The van der Waals surface area contributed by atoms with Crippen molar-refractivity contribution in [3.05, 3.63) is 30.1 Å². The molecule has 4 rings (SSSR count). The number of rotatable bonds is 5. The number of primary amides is 1. The van der Waals surface area contributed by atoms with Crippen molar-refractivity contribution in [2.75, 3.05) is 18.4 Å². The summed E-state index contributed by atoms with van der Waals surface area (Å²) in [4.78, 5) is 50.4. The molecule has 9 nitrogen and oxygen atoms in total. The number of likely N-dealkylation sites (tertiary alicyclic amines) is 1. The van der Waals surface area contributed by atoms with Gasteiger partial charge in [0.05, 0.1) is 17.7 Å². The molecule has 1 spiro atoms. The molecular weight excluding hydrogens is 417 g/mol. The highest BCUT2D eigenvalue weighted by Gasteiger charge is 2.64. The van der Waals surface area contributed by atoms with Crippen molar-refractivity contribution >= 4 is 29.3 Å². The summed E-state index contributed by atoms with van der Waals surface area (Å²) < 4.78 is 13.8. The van der Waals surface area contributed by atoms with Gasteiger partial charge in [0, 0.05) is 19.0 Å². The van der Waals surface area contributed by atoms with Crippen molar-refractivity contribution in [2.45, 2.75) is 31.7 Å². The minimum atomic E-state index is -1.06. The molecule has 3 aliphatic rings. The summed E-state index contributed by atoms with van der Waals surface area (Å²) in [5.41, 5.74) is 4.89. The van der Waals surface area contributed by atoms with Crippen LogP contribution in [0.5, 0.6) is 0 Å². The Labute approximate surface area is 184 Å². The molecule has 0 bridgehead atoms. The molecule has 1 aromatic rings. The lowest BCUT2D eigenvalue weighted by Gasteiger charge is -2.21. The van der Waals surface area contributed by atoms with E-state index in [1.807, 2.05) is 0 Å². The smallest absolute Gasteiger partial charge is 0.314 e. The number of hydrogen-bond donors (Lipinski definition) is 3. The molecule has 3 unspecified atom stereocenters. The number of nitrogens with one attached hydrogen (secondary N) is 2. The lowest BCUT2D eigenvalue weighted by atomic mass is 9.86. The average molecular weight is 441 g/mol. The van der Waals surface area contributed by atoms with Crippen LogP contribution in [0.3, 0.4) is 0 Å². The Morgan fingerprint density at radius 2 is 2.09 bits per heavy atom. The van der Waals surface area contributed by atoms with Crippen LogP contribution in [0.4, 0.5) is 10.1 Å². The average Bonchev–Trinajstić information content (AvgIpc) is 3.08. The number of nitriles is 1. The summed E-state index contributed by atoms with van der Waals surface area (Å²) >= 11 is 0. The van der Waals surface area contributed by atoms with Crippen LogP contribution in [0, 0.1) is 40.3 Å². The van der Waals surface area contributed by atoms with E-state index in [2.05, 4.69) is 16.7 Å². The summed E-state index contributed by atoms with van der Waals surface area (Å²) in [5, 5.41) is 14.7. The molecule has 0 aromatic heterocycles. The van der Waals surface area contributed by atoms with E-state index in [0.717, 1.165) is 11.0 Å². The van der Waals surface area contributed by atoms with Crippen molar-refractivity contribution in [1.29, 1.82) is 5.26 Å². The predicted molar refractivity (Wildman–Crippen MR) is 110 cm³/mol. The summed E-state index contributed by atoms with van der Waals surface area (Å²) in [5.74, 6) is -4.19. The van der Waals surface area contributed by atoms with Crippen LogP contribution >= 0.6 is 0 Å². The number of benzene rings is 1. The normalized spacial score (nSPS) is 29.3. The molecular formula is C22H24FN5O4. The van der Waals surface area contributed by atoms with E-state index in [0.29, 0.717) is 25.8 Å². The minimum Gasteiger partial charge on any atom is -0.368 e. The van der Waals surface area contributed by atoms with Gasteiger partial charge in [0.2, 0.25) is 11.8 Å². The number of amides is 4. The molecule has 1 saturated carbocycles. The second-order valence-corrected chi connectivity index (χ2v) is 8.91. The lowest BCUT2D eigenvalue weighted by molar-refractivity contribution is -0.145. The third-order valence-electron chi connectivity index (χ3n) is 6.97. The van der Waals surface area contributed by atoms with Gasteiger partial charge in [-0.1, -0.05) is 12.1 Å². The van der Waals surface area contributed by atoms with Crippen LogP contribution < -0.4 is 16.4 Å². The van der Waals surface area contributed by atoms with E-state index in [9.17, 15) is 28.8 Å². The van der Waals surface area contributed by atoms with E-state index in [4.69, 9.17) is 5.73 Å². The molecule has 10 heteroatoms. The zero-order valence-corrected chi connectivity index (χ0v) is 17.3. The second-order valence-electron chi connectivity index (χ2n) is 8.91. The largest absolute Gasteiger partial charge is 0.368 e. The van der Waals surface area contributed by atoms with Gasteiger partial charge >= 0.3 is 11.8 Å². The van der Waals surface area contributed by atoms with Gasteiger partial charge in [0.15, 0.2) is 0 Å². The van der Waals surface area contributed by atoms with Crippen molar-refractivity contribution in [1.82, 2.24) is 10.2 Å². The Morgan fingerprint density at radius 3 is 2.72 bits per heavy atom. The lowest BCUT2D eigenvalue weighted by Crippen LogP contribution is -2.48. The molecule has 2 saturated heterocycles. The van der Waals surface area contributed by atoms with Crippen molar-refractivity contribution in [2.24, 2.45) is 28.9 Å². The van der Waals surface area contributed by atoms with Crippen LogP contribution in [-0.4, -0.2) is 47.7 Å². The fraction of sp³-hybridized carbons (Fsp3) is 0.500. The van der Waals surface area contributed by atoms with Gasteiger partial charge in [-0.05, 0) is 49.1 Å². The maximum absolute atomic E-state index is 13.8. The summed E-state index contributed by atoms with van der Waals surface area (Å²) in [6.45, 7) is 0.713. The van der Waals surface area contributed by atoms with Crippen LogP contribution in [0.1, 0.15) is 25.7 Å². The third-order valence-corrected chi connectivity index (χ3v) is 6.97. The second kappa shape index (κ2) is 8.22. The quantitative estimate of drug-likeness (QED) is 0.571. The van der Waals surface area contributed by atoms with Gasteiger partial charge < -0.3 is 21.3 Å². The number of anilines is 1. The van der Waals surface area contributed by atoms with E-state index in [1.165, 1.54) is 18.2 Å². The van der Waals surface area contributed by atoms with E-state index >= 15 is 0 Å². The maximum atomic E-state index is 13.8. The Kier molecular flexibility index (Phi) is 5.59. The monoisotopic (exact) mass is 441 g/mol. The van der Waals surface area contributed by atoms with Crippen molar-refractivity contribution in [3.8, 4) is 6.07 Å². The SMILES string of the molecule is N#C[C@@H](C[C@H]1CCNC1=O)C1CC12CC(C(N)=O)N(C(=O)C(=O)Nc1ccccc1F)C2. The number of nitrogens with two attached hydrogens (primary N) is 1. The van der Waals surface area contributed by atoms with Gasteiger partial charge in [-0.15, -0.1) is 0 Å². The minimum absolute atomic E-state index is 0.0528. The number of nitrogens with zero attached hydrogens (tertiary/aromatic N) is 2. The van der Waals surface area contributed by atoms with Crippen LogP contribution in [0.25, 0.3) is 0 Å². The Morgan fingerprint density at radius 1 is 1.34 bits per heavy atom. The molecule has 5 atom stereocenters. The maximum Gasteiger partial charge on any atom is 0.314 e. The van der Waals surface area contributed by atoms with Gasteiger partial charge in [-0.3, -0.25) is 19.2 Å². The van der Waals surface area contributed by atoms with Gasteiger partial charge in [0.1, 0.15) is 11.9 Å². The number of hydrogen-bond acceptors (Lipinski definition) is 5. The highest BCUT2D eigenvalue weighted by Crippen LogP contribution is 2.63. The number of carbonyl (C=O) groups excluding carboxylic acids is 4. The standard InChI is InChI=1S/C22H24FN5O4/c23-15-3-1-2-4-16(15)27-20(31)21(32)28-11-22(9-17(28)18(25)29)8-14(22)13(10-24)7-12-5-6-26-19(12)30/h1-4,12-14,17H,5-9,11H2,(H2,25,29)(H,26,30)(H,27,31)/t12-,13-,14?,17?,22?/m1/s1. The molecule has 4 N–H and O–H groups in total. The van der Waals surface area contributed by atoms with Crippen LogP contribution in [-0.2, 0) is 19.2 Å². The van der Waals surface area contributed by atoms with Gasteiger partial charge in [0.25, 0.3) is 0 Å². The highest BCUT2D eigenvalue weighted by atomic mass is 19.1. The predicted octanol–water partition coefficient (Wildman–Crippen LogP) is 0.523. The molecule has 3 fully saturated rings. The summed E-state index contributed by atoms with van der Waals surface area (Å²) in [6.07, 6.45) is 1.99. The first-order valence-corrected chi connectivity index (χ1v) is 10.6. The van der Waals surface area contributed by atoms with E-state index in [1.54, 1.807) is 0 Å². The fourth-order valence-corrected chi connectivity index (χ4v) is 5.19. The molecule has 2 heterocycles. The van der Waals surface area contributed by atoms with Crippen LogP contribution in [0.15, 0.2) is 24.3 Å². The topological polar surface area (TPSA) is 145 Å². The summed E-state index contributed by atoms with van der Waals surface area (Å²) in [6, 6.07) is 6.76. The first-order valence-electron chi connectivity index (χ1n) is 10.6. The van der Waals surface area contributed by atoms with Crippen molar-refractivity contribution in [3.63, 3.8) is 0 Å². The van der Waals surface area contributed by atoms with Crippen molar-refractivity contribution < 1.29 is 23.6 Å². The molecule has 0 radical (unpaired) electrons. The molecule has 32 heavy (non-hydrogen) atoms. The zero-order valence-electron chi connectivity index (χ0n) is 17.3. The fourth-order valence-electron chi connectivity index (χ4n) is 5.19. The summed E-state index contributed by atoms with van der Waals surface area (Å²) in [7, 11) is 0. The van der Waals surface area contributed by atoms with Gasteiger partial charge in [-0.25, -0.2) is 4.39 Å². The first kappa shape index (κ1) is 21.7. The number of para-hydroxylation sites is 1. The first-order chi connectivity index (χ1) is 15.3. The number of halogens is 1. The third kappa shape index (κ3) is 3.90. The number of carbonyl (C=O) groups is 4. The van der Waals surface area contributed by atoms with Gasteiger partial charge in [-0.2, -0.15) is 5.26 Å². The zero-order chi connectivity index (χ0) is 23.0.